The van der Waals surface area contributed by atoms with Gasteiger partial charge in [0.25, 0.3) is 0 Å². The van der Waals surface area contributed by atoms with E-state index in [9.17, 15) is 5.11 Å². The molecule has 1 aliphatic rings. The van der Waals surface area contributed by atoms with Gasteiger partial charge in [-0.15, -0.1) is 0 Å². The van der Waals surface area contributed by atoms with Gasteiger partial charge in [-0.25, -0.2) is 0 Å². The molecule has 16 heavy (non-hydrogen) atoms. The highest BCUT2D eigenvalue weighted by molar-refractivity contribution is 7.80. The molecule has 0 aliphatic carbocycles. The van der Waals surface area contributed by atoms with Gasteiger partial charge in [-0.05, 0) is 35.2 Å². The van der Waals surface area contributed by atoms with Crippen molar-refractivity contribution in [2.75, 3.05) is 13.1 Å². The van der Waals surface area contributed by atoms with E-state index in [-0.39, 0.29) is 12.1 Å². The molecule has 0 spiro atoms. The van der Waals surface area contributed by atoms with Crippen LogP contribution in [0.4, 0.5) is 0 Å². The summed E-state index contributed by atoms with van der Waals surface area (Å²) in [5.41, 5.74) is 7.00. The van der Waals surface area contributed by atoms with Crippen molar-refractivity contribution in [3.63, 3.8) is 0 Å². The number of rotatable bonds is 3. The Balaban J connectivity index is 2.11. The second-order valence-electron chi connectivity index (χ2n) is 4.13. The lowest BCUT2D eigenvalue weighted by molar-refractivity contribution is 0.0740. The predicted octanol–water partition coefficient (Wildman–Crippen LogP) is 1.53. The number of likely N-dealkylation sites (tertiary alicyclic amines) is 1. The van der Waals surface area contributed by atoms with Gasteiger partial charge < -0.3 is 10.8 Å². The van der Waals surface area contributed by atoms with Crippen LogP contribution >= 0.6 is 23.6 Å². The molecule has 88 valence electrons. The van der Waals surface area contributed by atoms with Crippen molar-refractivity contribution in [1.82, 2.24) is 4.90 Å². The summed E-state index contributed by atoms with van der Waals surface area (Å²) < 4.78 is 0. The Labute approximate surface area is 105 Å². The smallest absolute Gasteiger partial charge is 0.0948 e. The van der Waals surface area contributed by atoms with Crippen molar-refractivity contribution in [2.24, 2.45) is 5.73 Å². The molecule has 5 heteroatoms. The van der Waals surface area contributed by atoms with E-state index in [1.54, 1.807) is 11.3 Å². The van der Waals surface area contributed by atoms with Crippen molar-refractivity contribution >= 4 is 28.5 Å². The molecule has 2 rings (SSSR count). The number of hydrogen-bond donors (Lipinski definition) is 2. The first kappa shape index (κ1) is 12.0. The third kappa shape index (κ3) is 2.60. The lowest BCUT2D eigenvalue weighted by Gasteiger charge is -2.35. The Morgan fingerprint density at radius 1 is 1.56 bits per heavy atom. The first-order chi connectivity index (χ1) is 7.68. The molecule has 0 radical (unpaired) electrons. The van der Waals surface area contributed by atoms with Crippen LogP contribution in [0, 0.1) is 0 Å². The van der Waals surface area contributed by atoms with Crippen LogP contribution in [-0.2, 0) is 0 Å². The van der Waals surface area contributed by atoms with E-state index in [0.717, 1.165) is 25.9 Å². The number of thiocarbonyl (C=S) groups is 1. The molecule has 1 aromatic heterocycles. The van der Waals surface area contributed by atoms with Crippen molar-refractivity contribution in [3.8, 4) is 0 Å². The molecule has 0 saturated carbocycles. The largest absolute Gasteiger partial charge is 0.393 e. The molecular weight excluding hydrogens is 240 g/mol. The first-order valence-corrected chi connectivity index (χ1v) is 6.77. The zero-order valence-corrected chi connectivity index (χ0v) is 10.6. The van der Waals surface area contributed by atoms with Crippen molar-refractivity contribution in [3.05, 3.63) is 22.4 Å². The lowest BCUT2D eigenvalue weighted by atomic mass is 10.0. The van der Waals surface area contributed by atoms with Crippen LogP contribution in [0.1, 0.15) is 24.4 Å². The molecule has 1 aliphatic heterocycles. The van der Waals surface area contributed by atoms with E-state index in [1.165, 1.54) is 5.56 Å². The number of piperidine rings is 1. The van der Waals surface area contributed by atoms with E-state index >= 15 is 0 Å². The molecule has 0 amide bonds. The Morgan fingerprint density at radius 3 is 2.75 bits per heavy atom. The molecule has 1 saturated heterocycles. The second kappa shape index (κ2) is 5.23. The van der Waals surface area contributed by atoms with E-state index in [0.29, 0.717) is 4.99 Å². The summed E-state index contributed by atoms with van der Waals surface area (Å²) in [5.74, 6) is 0. The van der Waals surface area contributed by atoms with Gasteiger partial charge in [0.1, 0.15) is 0 Å². The molecule has 1 unspecified atom stereocenters. The van der Waals surface area contributed by atoms with Gasteiger partial charge in [0.05, 0.1) is 17.1 Å². The molecule has 1 atom stereocenters. The third-order valence-electron chi connectivity index (χ3n) is 2.99. The highest BCUT2D eigenvalue weighted by atomic mass is 32.1. The molecule has 2 heterocycles. The van der Waals surface area contributed by atoms with Crippen LogP contribution in [0.15, 0.2) is 16.8 Å². The fraction of sp³-hybridized carbons (Fsp3) is 0.545. The van der Waals surface area contributed by atoms with Crippen LogP contribution < -0.4 is 5.73 Å². The van der Waals surface area contributed by atoms with Gasteiger partial charge in [0.2, 0.25) is 0 Å². The summed E-state index contributed by atoms with van der Waals surface area (Å²) in [6, 6.07) is 2.10. The maximum Gasteiger partial charge on any atom is 0.0948 e. The van der Waals surface area contributed by atoms with Crippen LogP contribution in [0.25, 0.3) is 0 Å². The van der Waals surface area contributed by atoms with Gasteiger partial charge >= 0.3 is 0 Å². The van der Waals surface area contributed by atoms with Crippen LogP contribution in [-0.4, -0.2) is 34.2 Å². The highest BCUT2D eigenvalue weighted by Gasteiger charge is 2.27. The number of nitrogens with two attached hydrogens (primary N) is 1. The maximum atomic E-state index is 9.49. The predicted molar refractivity (Wildman–Crippen MR) is 70.7 cm³/mol. The average Bonchev–Trinajstić information content (AvgIpc) is 2.74. The highest BCUT2D eigenvalue weighted by Crippen LogP contribution is 2.26. The van der Waals surface area contributed by atoms with Crippen molar-refractivity contribution in [2.45, 2.75) is 25.0 Å². The van der Waals surface area contributed by atoms with Crippen LogP contribution in [0.3, 0.4) is 0 Å². The second-order valence-corrected chi connectivity index (χ2v) is 5.38. The number of hydrogen-bond acceptors (Lipinski definition) is 4. The van der Waals surface area contributed by atoms with E-state index in [1.807, 2.05) is 5.38 Å². The molecular formula is C11H16N2OS2. The Kier molecular flexibility index (Phi) is 3.91. The number of thiophene rings is 1. The number of aliphatic hydroxyl groups excluding tert-OH is 1. The minimum atomic E-state index is -0.161. The van der Waals surface area contributed by atoms with Crippen LogP contribution in [0.5, 0.6) is 0 Å². The average molecular weight is 256 g/mol. The minimum Gasteiger partial charge on any atom is -0.393 e. The number of aliphatic hydroxyl groups is 1. The Morgan fingerprint density at radius 2 is 2.25 bits per heavy atom. The summed E-state index contributed by atoms with van der Waals surface area (Å²) in [5, 5.41) is 13.6. The summed E-state index contributed by atoms with van der Waals surface area (Å²) in [4.78, 5) is 2.78. The van der Waals surface area contributed by atoms with Gasteiger partial charge in [0, 0.05) is 13.1 Å². The van der Waals surface area contributed by atoms with Crippen molar-refractivity contribution in [1.29, 1.82) is 0 Å². The minimum absolute atomic E-state index is 0.0359. The van der Waals surface area contributed by atoms with E-state index in [4.69, 9.17) is 18.0 Å². The van der Waals surface area contributed by atoms with Gasteiger partial charge in [-0.2, -0.15) is 11.3 Å². The topological polar surface area (TPSA) is 49.5 Å². The molecule has 0 bridgehead atoms. The van der Waals surface area contributed by atoms with Crippen LogP contribution in [0.2, 0.25) is 0 Å². The van der Waals surface area contributed by atoms with E-state index in [2.05, 4.69) is 16.3 Å². The molecule has 1 aromatic rings. The zero-order valence-electron chi connectivity index (χ0n) is 9.00. The maximum absolute atomic E-state index is 9.49. The van der Waals surface area contributed by atoms with Gasteiger partial charge in [-0.3, -0.25) is 4.90 Å². The fourth-order valence-corrected chi connectivity index (χ4v) is 3.09. The fourth-order valence-electron chi connectivity index (χ4n) is 2.13. The monoisotopic (exact) mass is 256 g/mol. The van der Waals surface area contributed by atoms with E-state index < -0.39 is 0 Å². The quantitative estimate of drug-likeness (QED) is 0.805. The summed E-state index contributed by atoms with van der Waals surface area (Å²) in [7, 11) is 0. The standard InChI is InChI=1S/C11H16N2OS2/c12-11(15)10(8-3-6-16-7-8)13-4-1-9(14)2-5-13/h3,6-7,9-10,14H,1-2,4-5H2,(H2,12,15). The summed E-state index contributed by atoms with van der Waals surface area (Å²) >= 11 is 6.81. The molecule has 3 N–H and O–H groups in total. The summed E-state index contributed by atoms with van der Waals surface area (Å²) in [6.45, 7) is 1.72. The first-order valence-electron chi connectivity index (χ1n) is 5.42. The zero-order chi connectivity index (χ0) is 11.5. The normalized spacial score (nSPS) is 20.8. The molecule has 0 aromatic carbocycles. The van der Waals surface area contributed by atoms with Gasteiger partial charge in [0.15, 0.2) is 0 Å². The molecule has 3 nitrogen and oxygen atoms in total. The Bertz CT molecular complexity index is 345. The Hall–Kier alpha value is -0.490. The van der Waals surface area contributed by atoms with Gasteiger partial charge in [-0.1, -0.05) is 12.2 Å². The number of nitrogens with zero attached hydrogens (tertiary/aromatic N) is 1. The lowest BCUT2D eigenvalue weighted by Crippen LogP contribution is -2.42. The van der Waals surface area contributed by atoms with Crippen molar-refractivity contribution < 1.29 is 5.11 Å². The third-order valence-corrected chi connectivity index (χ3v) is 3.92. The molecule has 1 fully saturated rings. The summed E-state index contributed by atoms with van der Waals surface area (Å²) in [6.07, 6.45) is 1.46. The SMILES string of the molecule is NC(=S)C(c1ccsc1)N1CCC(O)CC1.